The van der Waals surface area contributed by atoms with Gasteiger partial charge in [-0.3, -0.25) is 4.79 Å². The molecule has 0 fully saturated rings. The van der Waals surface area contributed by atoms with Gasteiger partial charge in [-0.05, 0) is 19.1 Å². The van der Waals surface area contributed by atoms with Crippen LogP contribution in [-0.2, 0) is 14.3 Å². The molecule has 1 aromatic carbocycles. The molecule has 0 aliphatic carbocycles. The molecular weight excluding hydrogens is 260 g/mol. The van der Waals surface area contributed by atoms with Gasteiger partial charge >= 0.3 is 5.97 Å². The van der Waals surface area contributed by atoms with Crippen molar-refractivity contribution in [2.45, 2.75) is 6.92 Å². The van der Waals surface area contributed by atoms with Crippen LogP contribution < -0.4 is 10.6 Å². The van der Waals surface area contributed by atoms with E-state index in [4.69, 9.17) is 9.47 Å². The van der Waals surface area contributed by atoms with Crippen LogP contribution in [-0.4, -0.2) is 45.8 Å². The van der Waals surface area contributed by atoms with E-state index in [0.717, 1.165) is 5.56 Å². The fourth-order valence-electron chi connectivity index (χ4n) is 1.62. The minimum Gasteiger partial charge on any atom is -0.465 e. The first-order valence-corrected chi connectivity index (χ1v) is 6.27. The van der Waals surface area contributed by atoms with Gasteiger partial charge in [0.05, 0.1) is 31.5 Å². The molecule has 2 N–H and O–H groups in total. The van der Waals surface area contributed by atoms with Gasteiger partial charge in [0.2, 0.25) is 5.91 Å². The number of aryl methyl sites for hydroxylation is 1. The fourth-order valence-corrected chi connectivity index (χ4v) is 1.62. The second-order valence-corrected chi connectivity index (χ2v) is 4.26. The summed E-state index contributed by atoms with van der Waals surface area (Å²) in [4.78, 5) is 23.4. The highest BCUT2D eigenvalue weighted by atomic mass is 16.5. The van der Waals surface area contributed by atoms with Gasteiger partial charge in [0, 0.05) is 13.7 Å². The zero-order valence-electron chi connectivity index (χ0n) is 12.0. The second-order valence-electron chi connectivity index (χ2n) is 4.26. The maximum atomic E-state index is 11.8. The van der Waals surface area contributed by atoms with Crippen LogP contribution in [0.15, 0.2) is 18.2 Å². The Labute approximate surface area is 118 Å². The highest BCUT2D eigenvalue weighted by Gasteiger charge is 2.13. The van der Waals surface area contributed by atoms with Crippen LogP contribution in [0.25, 0.3) is 0 Å². The third kappa shape index (κ3) is 4.99. The first-order valence-electron chi connectivity index (χ1n) is 6.27. The molecule has 0 heterocycles. The number of hydrogen-bond acceptors (Lipinski definition) is 5. The Kier molecular flexibility index (Phi) is 6.69. The quantitative estimate of drug-likeness (QED) is 0.574. The number of methoxy groups -OCH3 is 2. The predicted octanol–water partition coefficient (Wildman–Crippen LogP) is 0.956. The zero-order valence-corrected chi connectivity index (χ0v) is 12.0. The van der Waals surface area contributed by atoms with Crippen molar-refractivity contribution in [3.05, 3.63) is 29.3 Å². The Morgan fingerprint density at radius 1 is 1.25 bits per heavy atom. The molecule has 110 valence electrons. The summed E-state index contributed by atoms with van der Waals surface area (Å²) in [6.45, 7) is 3.13. The number of ether oxygens (including phenoxy) is 2. The molecule has 1 amide bonds. The summed E-state index contributed by atoms with van der Waals surface area (Å²) in [7, 11) is 2.90. The highest BCUT2D eigenvalue weighted by Crippen LogP contribution is 2.18. The van der Waals surface area contributed by atoms with E-state index in [2.05, 4.69) is 10.6 Å². The average Bonchev–Trinajstić information content (AvgIpc) is 2.44. The summed E-state index contributed by atoms with van der Waals surface area (Å²) >= 11 is 0. The summed E-state index contributed by atoms with van der Waals surface area (Å²) in [5.41, 5.74) is 1.71. The first-order chi connectivity index (χ1) is 9.58. The van der Waals surface area contributed by atoms with Crippen LogP contribution in [0.1, 0.15) is 15.9 Å². The van der Waals surface area contributed by atoms with E-state index in [0.29, 0.717) is 24.4 Å². The van der Waals surface area contributed by atoms with Crippen molar-refractivity contribution in [2.24, 2.45) is 0 Å². The Morgan fingerprint density at radius 3 is 2.65 bits per heavy atom. The maximum absolute atomic E-state index is 11.8. The van der Waals surface area contributed by atoms with E-state index in [1.807, 2.05) is 13.0 Å². The second kappa shape index (κ2) is 8.29. The van der Waals surface area contributed by atoms with Crippen LogP contribution in [0.5, 0.6) is 0 Å². The van der Waals surface area contributed by atoms with Crippen LogP contribution in [0, 0.1) is 6.92 Å². The lowest BCUT2D eigenvalue weighted by molar-refractivity contribution is -0.115. The van der Waals surface area contributed by atoms with Crippen LogP contribution in [0.3, 0.4) is 0 Å². The predicted molar refractivity (Wildman–Crippen MR) is 75.9 cm³/mol. The Morgan fingerprint density at radius 2 is 2.00 bits per heavy atom. The standard InChI is InChI=1S/C14H20N2O4/c1-10-4-5-12(11(8-10)14(18)20-3)16-13(17)9-15-6-7-19-2/h4-5,8,15H,6-7,9H2,1-3H3,(H,16,17). The van der Waals surface area contributed by atoms with Gasteiger partial charge in [0.15, 0.2) is 0 Å². The molecule has 0 aliphatic heterocycles. The number of hydrogen-bond donors (Lipinski definition) is 2. The minimum absolute atomic E-state index is 0.151. The number of carbonyl (C=O) groups excluding carboxylic acids is 2. The van der Waals surface area contributed by atoms with E-state index in [1.165, 1.54) is 7.11 Å². The van der Waals surface area contributed by atoms with Crippen molar-refractivity contribution in [2.75, 3.05) is 39.2 Å². The number of anilines is 1. The van der Waals surface area contributed by atoms with E-state index >= 15 is 0 Å². The molecule has 0 saturated heterocycles. The van der Waals surface area contributed by atoms with E-state index in [9.17, 15) is 9.59 Å². The maximum Gasteiger partial charge on any atom is 0.339 e. The molecule has 1 rings (SSSR count). The largest absolute Gasteiger partial charge is 0.465 e. The van der Waals surface area contributed by atoms with Crippen molar-refractivity contribution < 1.29 is 19.1 Å². The number of benzene rings is 1. The Balaban J connectivity index is 2.67. The highest BCUT2D eigenvalue weighted by molar-refractivity contribution is 6.01. The molecule has 20 heavy (non-hydrogen) atoms. The van der Waals surface area contributed by atoms with Crippen LogP contribution >= 0.6 is 0 Å². The summed E-state index contributed by atoms with van der Waals surface area (Å²) < 4.78 is 9.57. The topological polar surface area (TPSA) is 76.7 Å². The van der Waals surface area contributed by atoms with Crippen molar-refractivity contribution in [3.63, 3.8) is 0 Å². The SMILES string of the molecule is COCCNCC(=O)Nc1ccc(C)cc1C(=O)OC. The molecule has 6 heteroatoms. The van der Waals surface area contributed by atoms with Gasteiger partial charge in [0.1, 0.15) is 0 Å². The van der Waals surface area contributed by atoms with Crippen molar-refractivity contribution >= 4 is 17.6 Å². The Hall–Kier alpha value is -1.92. The van der Waals surface area contributed by atoms with Crippen LogP contribution in [0.2, 0.25) is 0 Å². The third-order valence-electron chi connectivity index (χ3n) is 2.62. The van der Waals surface area contributed by atoms with E-state index < -0.39 is 5.97 Å². The third-order valence-corrected chi connectivity index (χ3v) is 2.62. The molecule has 0 saturated carbocycles. The monoisotopic (exact) mass is 280 g/mol. The molecule has 1 aromatic rings. The lowest BCUT2D eigenvalue weighted by Crippen LogP contribution is -2.30. The van der Waals surface area contributed by atoms with E-state index in [1.54, 1.807) is 19.2 Å². The minimum atomic E-state index is -0.476. The number of rotatable bonds is 7. The van der Waals surface area contributed by atoms with Crippen LogP contribution in [0.4, 0.5) is 5.69 Å². The molecule has 0 bridgehead atoms. The molecule has 0 atom stereocenters. The van der Waals surface area contributed by atoms with Gasteiger partial charge in [-0.15, -0.1) is 0 Å². The van der Waals surface area contributed by atoms with Gasteiger partial charge in [-0.1, -0.05) is 11.6 Å². The Bertz CT molecular complexity index is 474. The summed E-state index contributed by atoms with van der Waals surface area (Å²) in [6.07, 6.45) is 0. The van der Waals surface area contributed by atoms with Crippen molar-refractivity contribution in [1.82, 2.24) is 5.32 Å². The number of nitrogens with one attached hydrogen (secondary N) is 2. The lowest BCUT2D eigenvalue weighted by atomic mass is 10.1. The smallest absolute Gasteiger partial charge is 0.339 e. The zero-order chi connectivity index (χ0) is 15.0. The molecule has 0 unspecified atom stereocenters. The average molecular weight is 280 g/mol. The molecule has 0 aliphatic rings. The molecule has 0 spiro atoms. The normalized spacial score (nSPS) is 10.2. The number of amides is 1. The summed E-state index contributed by atoms with van der Waals surface area (Å²) in [5.74, 6) is -0.702. The van der Waals surface area contributed by atoms with Crippen molar-refractivity contribution in [1.29, 1.82) is 0 Å². The van der Waals surface area contributed by atoms with Gasteiger partial charge in [-0.2, -0.15) is 0 Å². The molecule has 0 aromatic heterocycles. The van der Waals surface area contributed by atoms with E-state index in [-0.39, 0.29) is 12.5 Å². The lowest BCUT2D eigenvalue weighted by Gasteiger charge is -2.11. The van der Waals surface area contributed by atoms with Crippen molar-refractivity contribution in [3.8, 4) is 0 Å². The number of esters is 1. The number of carbonyl (C=O) groups is 2. The molecule has 6 nitrogen and oxygen atoms in total. The van der Waals surface area contributed by atoms with Gasteiger partial charge < -0.3 is 20.1 Å². The fraction of sp³-hybridized carbons (Fsp3) is 0.429. The summed E-state index contributed by atoms with van der Waals surface area (Å²) in [5, 5.41) is 5.61. The first kappa shape index (κ1) is 16.1. The summed E-state index contributed by atoms with van der Waals surface area (Å²) in [6, 6.07) is 5.19. The molecule has 0 radical (unpaired) electrons. The van der Waals surface area contributed by atoms with Gasteiger partial charge in [-0.25, -0.2) is 4.79 Å². The molecular formula is C14H20N2O4. The van der Waals surface area contributed by atoms with Gasteiger partial charge in [0.25, 0.3) is 0 Å².